The molecule has 0 saturated heterocycles. The van der Waals surface area contributed by atoms with Crippen LogP contribution >= 0.6 is 0 Å². The molecule has 0 aliphatic heterocycles. The van der Waals surface area contributed by atoms with Crippen molar-refractivity contribution in [1.29, 1.82) is 0 Å². The summed E-state index contributed by atoms with van der Waals surface area (Å²) < 4.78 is 38.1. The molecule has 1 heterocycles. The molecule has 1 aromatic carbocycles. The SMILES string of the molecule is O=C(Nc1cc(C(F)(F)F)c[nH]c1=O)C1CCc2ccccc21. The number of benzene rings is 1. The summed E-state index contributed by atoms with van der Waals surface area (Å²) in [4.78, 5) is 26.0. The zero-order chi connectivity index (χ0) is 16.6. The number of aromatic amines is 1. The zero-order valence-electron chi connectivity index (χ0n) is 11.9. The van der Waals surface area contributed by atoms with Crippen LogP contribution in [0.3, 0.4) is 0 Å². The minimum absolute atomic E-state index is 0.394. The second-order valence-electron chi connectivity index (χ2n) is 5.41. The van der Waals surface area contributed by atoms with Gasteiger partial charge in [-0.3, -0.25) is 9.59 Å². The second kappa shape index (κ2) is 5.57. The third kappa shape index (κ3) is 2.99. The molecule has 1 atom stereocenters. The van der Waals surface area contributed by atoms with E-state index in [1.165, 1.54) is 0 Å². The minimum atomic E-state index is -4.59. The van der Waals surface area contributed by atoms with Crippen LogP contribution in [0.25, 0.3) is 0 Å². The average Bonchev–Trinajstić information content (AvgIpc) is 2.92. The van der Waals surface area contributed by atoms with Crippen molar-refractivity contribution in [3.8, 4) is 0 Å². The first kappa shape index (κ1) is 15.3. The molecule has 0 saturated carbocycles. The molecule has 7 heteroatoms. The van der Waals surface area contributed by atoms with Gasteiger partial charge in [-0.15, -0.1) is 0 Å². The molecule has 0 bridgehead atoms. The first-order chi connectivity index (χ1) is 10.9. The lowest BCUT2D eigenvalue weighted by Crippen LogP contribution is -2.25. The number of nitrogens with one attached hydrogen (secondary N) is 2. The van der Waals surface area contributed by atoms with Crippen LogP contribution in [0, 0.1) is 0 Å². The third-order valence-electron chi connectivity index (χ3n) is 3.94. The number of rotatable bonds is 2. The third-order valence-corrected chi connectivity index (χ3v) is 3.94. The van der Waals surface area contributed by atoms with Crippen LogP contribution in [0.2, 0.25) is 0 Å². The van der Waals surface area contributed by atoms with E-state index >= 15 is 0 Å². The maximum absolute atomic E-state index is 12.7. The number of aryl methyl sites for hydroxylation is 1. The van der Waals surface area contributed by atoms with Gasteiger partial charge in [-0.1, -0.05) is 24.3 Å². The van der Waals surface area contributed by atoms with Gasteiger partial charge in [-0.05, 0) is 30.0 Å². The summed E-state index contributed by atoms with van der Waals surface area (Å²) in [6.45, 7) is 0. The zero-order valence-corrected chi connectivity index (χ0v) is 11.9. The van der Waals surface area contributed by atoms with E-state index in [-0.39, 0.29) is 0 Å². The van der Waals surface area contributed by atoms with E-state index in [1.54, 1.807) is 0 Å². The topological polar surface area (TPSA) is 62.0 Å². The van der Waals surface area contributed by atoms with Gasteiger partial charge in [0.25, 0.3) is 5.56 Å². The summed E-state index contributed by atoms with van der Waals surface area (Å²) in [5.41, 5.74) is -0.273. The largest absolute Gasteiger partial charge is 0.417 e. The number of hydrogen-bond donors (Lipinski definition) is 2. The molecule has 4 nitrogen and oxygen atoms in total. The molecule has 1 aromatic heterocycles. The number of pyridine rings is 1. The van der Waals surface area contributed by atoms with Crippen LogP contribution in [0.15, 0.2) is 41.3 Å². The predicted octanol–water partition coefficient (Wildman–Crippen LogP) is 3.06. The number of anilines is 1. The summed E-state index contributed by atoms with van der Waals surface area (Å²) in [5.74, 6) is -0.931. The Morgan fingerprint density at radius 1 is 1.26 bits per heavy atom. The fourth-order valence-electron chi connectivity index (χ4n) is 2.79. The Kier molecular flexibility index (Phi) is 3.71. The average molecular weight is 322 g/mol. The van der Waals surface area contributed by atoms with Crippen molar-refractivity contribution in [3.05, 3.63) is 63.6 Å². The van der Waals surface area contributed by atoms with Crippen LogP contribution in [0.1, 0.15) is 29.0 Å². The van der Waals surface area contributed by atoms with Crippen molar-refractivity contribution in [2.24, 2.45) is 0 Å². The van der Waals surface area contributed by atoms with Crippen molar-refractivity contribution in [2.75, 3.05) is 5.32 Å². The molecule has 2 aromatic rings. The number of amides is 1. The van der Waals surface area contributed by atoms with Crippen LogP contribution in [-0.2, 0) is 17.4 Å². The predicted molar refractivity (Wildman–Crippen MR) is 78.2 cm³/mol. The van der Waals surface area contributed by atoms with E-state index in [9.17, 15) is 22.8 Å². The van der Waals surface area contributed by atoms with E-state index in [4.69, 9.17) is 0 Å². The monoisotopic (exact) mass is 322 g/mol. The molecule has 3 rings (SSSR count). The van der Waals surface area contributed by atoms with Gasteiger partial charge in [-0.25, -0.2) is 0 Å². The number of hydrogen-bond acceptors (Lipinski definition) is 2. The highest BCUT2D eigenvalue weighted by atomic mass is 19.4. The minimum Gasteiger partial charge on any atom is -0.327 e. The van der Waals surface area contributed by atoms with E-state index < -0.39 is 34.8 Å². The number of carbonyl (C=O) groups excluding carboxylic acids is 1. The Hall–Kier alpha value is -2.57. The van der Waals surface area contributed by atoms with Gasteiger partial charge in [-0.2, -0.15) is 13.2 Å². The fraction of sp³-hybridized carbons (Fsp3) is 0.250. The Labute approximate surface area is 129 Å². The molecule has 1 aliphatic rings. The fourth-order valence-corrected chi connectivity index (χ4v) is 2.79. The molecular formula is C16H13F3N2O2. The number of H-pyrrole nitrogens is 1. The highest BCUT2D eigenvalue weighted by Gasteiger charge is 2.32. The smallest absolute Gasteiger partial charge is 0.327 e. The van der Waals surface area contributed by atoms with Crippen LogP contribution in [0.5, 0.6) is 0 Å². The highest BCUT2D eigenvalue weighted by molar-refractivity contribution is 5.96. The van der Waals surface area contributed by atoms with Gasteiger partial charge in [0.2, 0.25) is 5.91 Å². The first-order valence-corrected chi connectivity index (χ1v) is 7.05. The Balaban J connectivity index is 1.86. The number of carbonyl (C=O) groups is 1. The summed E-state index contributed by atoms with van der Waals surface area (Å²) in [6.07, 6.45) is -2.71. The summed E-state index contributed by atoms with van der Waals surface area (Å²) in [7, 11) is 0. The number of alkyl halides is 3. The van der Waals surface area contributed by atoms with Crippen molar-refractivity contribution in [3.63, 3.8) is 0 Å². The van der Waals surface area contributed by atoms with E-state index in [0.29, 0.717) is 18.7 Å². The quantitative estimate of drug-likeness (QED) is 0.892. The van der Waals surface area contributed by atoms with Crippen LogP contribution in [0.4, 0.5) is 18.9 Å². The van der Waals surface area contributed by atoms with Gasteiger partial charge in [0, 0.05) is 6.20 Å². The number of aromatic nitrogens is 1. The van der Waals surface area contributed by atoms with Crippen molar-refractivity contribution in [1.82, 2.24) is 4.98 Å². The molecule has 0 fully saturated rings. The lowest BCUT2D eigenvalue weighted by atomic mass is 10.0. The maximum Gasteiger partial charge on any atom is 0.417 e. The second-order valence-corrected chi connectivity index (χ2v) is 5.41. The van der Waals surface area contributed by atoms with Gasteiger partial charge < -0.3 is 10.3 Å². The summed E-state index contributed by atoms with van der Waals surface area (Å²) in [6, 6.07) is 8.07. The normalized spacial score (nSPS) is 16.9. The molecular weight excluding hydrogens is 309 g/mol. The van der Waals surface area contributed by atoms with Gasteiger partial charge in [0.15, 0.2) is 0 Å². The first-order valence-electron chi connectivity index (χ1n) is 7.05. The molecule has 120 valence electrons. The Morgan fingerprint density at radius 2 is 2.00 bits per heavy atom. The Morgan fingerprint density at radius 3 is 2.74 bits per heavy atom. The van der Waals surface area contributed by atoms with Gasteiger partial charge in [0.1, 0.15) is 5.69 Å². The molecule has 1 unspecified atom stereocenters. The standard InChI is InChI=1S/C16H13F3N2O2/c17-16(18,19)10-7-13(15(23)20-8-10)21-14(22)12-6-5-9-3-1-2-4-11(9)12/h1-4,7-8,12H,5-6H2,(H,20,23)(H,21,22). The van der Waals surface area contributed by atoms with Crippen molar-refractivity contribution < 1.29 is 18.0 Å². The number of halogens is 3. The van der Waals surface area contributed by atoms with Crippen LogP contribution < -0.4 is 10.9 Å². The summed E-state index contributed by atoms with van der Waals surface area (Å²) in [5, 5.41) is 2.32. The molecule has 1 aliphatic carbocycles. The molecule has 23 heavy (non-hydrogen) atoms. The van der Waals surface area contributed by atoms with Crippen molar-refractivity contribution >= 4 is 11.6 Å². The molecule has 0 spiro atoms. The van der Waals surface area contributed by atoms with Gasteiger partial charge >= 0.3 is 6.18 Å². The molecule has 2 N–H and O–H groups in total. The van der Waals surface area contributed by atoms with E-state index in [1.807, 2.05) is 29.2 Å². The van der Waals surface area contributed by atoms with Gasteiger partial charge in [0.05, 0.1) is 11.5 Å². The van der Waals surface area contributed by atoms with E-state index in [0.717, 1.165) is 17.5 Å². The van der Waals surface area contributed by atoms with E-state index in [2.05, 4.69) is 5.32 Å². The Bertz CT molecular complexity index is 811. The highest BCUT2D eigenvalue weighted by Crippen LogP contribution is 2.34. The van der Waals surface area contributed by atoms with Crippen LogP contribution in [-0.4, -0.2) is 10.9 Å². The maximum atomic E-state index is 12.7. The molecule has 1 amide bonds. The van der Waals surface area contributed by atoms with Crippen molar-refractivity contribution in [2.45, 2.75) is 24.9 Å². The number of fused-ring (bicyclic) bond motifs is 1. The lowest BCUT2D eigenvalue weighted by Gasteiger charge is -2.13. The lowest BCUT2D eigenvalue weighted by molar-refractivity contribution is -0.137. The summed E-state index contributed by atoms with van der Waals surface area (Å²) >= 11 is 0. The molecule has 0 radical (unpaired) electrons.